The van der Waals surface area contributed by atoms with Crippen LogP contribution in [0.5, 0.6) is 0 Å². The molecular weight excluding hydrogens is 338 g/mol. The van der Waals surface area contributed by atoms with E-state index in [1.165, 1.54) is 0 Å². The summed E-state index contributed by atoms with van der Waals surface area (Å²) in [6.45, 7) is 5.94. The van der Waals surface area contributed by atoms with Crippen LogP contribution < -0.4 is 10.6 Å². The van der Waals surface area contributed by atoms with Gasteiger partial charge in [0, 0.05) is 22.8 Å². The molecule has 2 N–H and O–H groups in total. The highest BCUT2D eigenvalue weighted by molar-refractivity contribution is 7.91. The fourth-order valence-corrected chi connectivity index (χ4v) is 4.53. The second kappa shape index (κ2) is 7.33. The molecular formula is C18H25N3O3S. The van der Waals surface area contributed by atoms with E-state index in [9.17, 15) is 14.1 Å². The Kier molecular flexibility index (Phi) is 5.34. The Balaban J connectivity index is 1.79. The van der Waals surface area contributed by atoms with E-state index in [-0.39, 0.29) is 29.5 Å². The lowest BCUT2D eigenvalue weighted by atomic mass is 10.1. The molecule has 2 aliphatic rings. The van der Waals surface area contributed by atoms with Gasteiger partial charge >= 0.3 is 0 Å². The van der Waals surface area contributed by atoms with Crippen molar-refractivity contribution >= 4 is 23.0 Å². The third-order valence-electron chi connectivity index (χ3n) is 4.44. The van der Waals surface area contributed by atoms with Gasteiger partial charge in [0.25, 0.3) is 5.91 Å². The van der Waals surface area contributed by atoms with Gasteiger partial charge in [0.05, 0.1) is 0 Å². The van der Waals surface area contributed by atoms with Crippen LogP contribution >= 0.6 is 0 Å². The van der Waals surface area contributed by atoms with Gasteiger partial charge in [-0.2, -0.15) is 4.98 Å². The molecule has 2 heterocycles. The van der Waals surface area contributed by atoms with E-state index in [0.717, 1.165) is 18.4 Å². The molecule has 136 valence electrons. The minimum absolute atomic E-state index is 0.0529. The third kappa shape index (κ3) is 4.33. The molecule has 3 atom stereocenters. The lowest BCUT2D eigenvalue weighted by Gasteiger charge is -2.16. The molecule has 1 saturated carbocycles. The zero-order valence-electron chi connectivity index (χ0n) is 14.9. The summed E-state index contributed by atoms with van der Waals surface area (Å²) < 4.78 is 12.7. The minimum atomic E-state index is -1.22. The van der Waals surface area contributed by atoms with Gasteiger partial charge in [0.15, 0.2) is 0 Å². The number of pyridine rings is 1. The maximum absolute atomic E-state index is 12.7. The summed E-state index contributed by atoms with van der Waals surface area (Å²) >= 11 is -1.22. The minimum Gasteiger partial charge on any atom is -0.610 e. The van der Waals surface area contributed by atoms with Gasteiger partial charge in [-0.15, -0.1) is 0 Å². The van der Waals surface area contributed by atoms with Crippen LogP contribution in [0.2, 0.25) is 0 Å². The van der Waals surface area contributed by atoms with Crippen molar-refractivity contribution < 1.29 is 14.1 Å². The van der Waals surface area contributed by atoms with Crippen LogP contribution in [0.4, 0.5) is 0 Å². The predicted molar refractivity (Wildman–Crippen MR) is 95.8 cm³/mol. The van der Waals surface area contributed by atoms with Gasteiger partial charge in [-0.25, -0.2) is 0 Å². The number of carbonyl (C=O) groups excluding carboxylic acids is 2. The van der Waals surface area contributed by atoms with Crippen LogP contribution in [-0.4, -0.2) is 39.2 Å². The monoisotopic (exact) mass is 363 g/mol. The molecule has 0 aromatic carbocycles. The fraction of sp³-hybridized carbons (Fsp3) is 0.611. The van der Waals surface area contributed by atoms with Crippen LogP contribution in [0.25, 0.3) is 0 Å². The first kappa shape index (κ1) is 18.2. The first-order valence-corrected chi connectivity index (χ1v) is 10.2. The molecule has 6 nitrogen and oxygen atoms in total. The second-order valence-corrected chi connectivity index (χ2v) is 8.85. The molecule has 0 spiro atoms. The van der Waals surface area contributed by atoms with Gasteiger partial charge in [-0.1, -0.05) is 13.8 Å². The third-order valence-corrected chi connectivity index (χ3v) is 6.17. The van der Waals surface area contributed by atoms with E-state index >= 15 is 0 Å². The lowest BCUT2D eigenvalue weighted by molar-refractivity contribution is -0.120. The number of amides is 2. The molecule has 0 radical (unpaired) electrons. The lowest BCUT2D eigenvalue weighted by Crippen LogP contribution is -2.40. The molecule has 1 saturated heterocycles. The van der Waals surface area contributed by atoms with Gasteiger partial charge < -0.3 is 15.2 Å². The highest BCUT2D eigenvalue weighted by Crippen LogP contribution is 2.42. The summed E-state index contributed by atoms with van der Waals surface area (Å²) in [6, 6.07) is 3.08. The molecule has 1 aliphatic carbocycles. The summed E-state index contributed by atoms with van der Waals surface area (Å²) in [7, 11) is 0. The zero-order valence-corrected chi connectivity index (χ0v) is 15.7. The van der Waals surface area contributed by atoms with E-state index in [1.807, 2.05) is 26.8 Å². The Hall–Kier alpha value is -1.60. The van der Waals surface area contributed by atoms with Crippen molar-refractivity contribution in [1.82, 2.24) is 15.6 Å². The van der Waals surface area contributed by atoms with Crippen molar-refractivity contribution in [3.05, 3.63) is 23.4 Å². The quantitative estimate of drug-likeness (QED) is 0.753. The molecule has 0 bridgehead atoms. The standard InChI is InChI=1S/C18H25N3O3S/c1-10(2)9-25(24)18-13(12-4-5-12)6-7-14(21-18)16(22)20-15-8-11(3)19-17(15)23/h6-7,10-12,15H,4-5,8-9H2,1-3H3,(H,19,23)(H,20,22)/t11?,15-,25?/m0/s1. The van der Waals surface area contributed by atoms with Crippen molar-refractivity contribution in [2.24, 2.45) is 5.92 Å². The molecule has 25 heavy (non-hydrogen) atoms. The highest BCUT2D eigenvalue weighted by atomic mass is 32.2. The number of hydrogen-bond acceptors (Lipinski definition) is 4. The summed E-state index contributed by atoms with van der Waals surface area (Å²) in [5, 5.41) is 6.05. The summed E-state index contributed by atoms with van der Waals surface area (Å²) in [4.78, 5) is 28.7. The summed E-state index contributed by atoms with van der Waals surface area (Å²) in [5.41, 5.74) is 1.23. The van der Waals surface area contributed by atoms with Crippen molar-refractivity contribution in [1.29, 1.82) is 0 Å². The number of nitrogens with one attached hydrogen (secondary N) is 2. The molecule has 1 aromatic heterocycles. The Labute approximate surface area is 151 Å². The SMILES string of the molecule is CC(C)C[S+]([O-])c1nc(C(=O)N[C@H]2CC(C)NC2=O)ccc1C1CC1. The van der Waals surface area contributed by atoms with E-state index < -0.39 is 17.2 Å². The number of nitrogens with zero attached hydrogens (tertiary/aromatic N) is 1. The maximum atomic E-state index is 12.7. The average Bonchev–Trinajstić information content (AvgIpc) is 3.32. The molecule has 1 aromatic rings. The molecule has 3 rings (SSSR count). The number of aromatic nitrogens is 1. The maximum Gasteiger partial charge on any atom is 0.270 e. The Morgan fingerprint density at radius 3 is 2.72 bits per heavy atom. The van der Waals surface area contributed by atoms with Crippen molar-refractivity contribution in [3.8, 4) is 0 Å². The van der Waals surface area contributed by atoms with Gasteiger partial charge in [-0.05, 0) is 50.2 Å². The topological polar surface area (TPSA) is 94.2 Å². The average molecular weight is 363 g/mol. The Morgan fingerprint density at radius 2 is 2.16 bits per heavy atom. The van der Waals surface area contributed by atoms with E-state index in [1.54, 1.807) is 6.07 Å². The van der Waals surface area contributed by atoms with E-state index in [4.69, 9.17) is 0 Å². The highest BCUT2D eigenvalue weighted by Gasteiger charge is 2.34. The number of carbonyl (C=O) groups is 2. The fourth-order valence-electron chi connectivity index (χ4n) is 3.07. The normalized spacial score (nSPS) is 24.3. The molecule has 7 heteroatoms. The molecule has 2 unspecified atom stereocenters. The first-order valence-electron chi connectivity index (χ1n) is 8.85. The van der Waals surface area contributed by atoms with Crippen molar-refractivity contribution in [3.63, 3.8) is 0 Å². The molecule has 2 amide bonds. The van der Waals surface area contributed by atoms with Gasteiger partial charge in [0.2, 0.25) is 10.9 Å². The summed E-state index contributed by atoms with van der Waals surface area (Å²) in [6.07, 6.45) is 2.73. The smallest absolute Gasteiger partial charge is 0.270 e. The van der Waals surface area contributed by atoms with Crippen molar-refractivity contribution in [2.45, 2.75) is 63.1 Å². The zero-order chi connectivity index (χ0) is 18.1. The van der Waals surface area contributed by atoms with Crippen LogP contribution in [0.15, 0.2) is 17.2 Å². The number of rotatable bonds is 6. The first-order chi connectivity index (χ1) is 11.8. The number of hydrogen-bond donors (Lipinski definition) is 2. The van der Waals surface area contributed by atoms with Crippen LogP contribution in [0.1, 0.15) is 62.0 Å². The molecule has 2 fully saturated rings. The summed E-state index contributed by atoms with van der Waals surface area (Å²) in [5.74, 6) is 0.673. The Bertz CT molecular complexity index is 676. The van der Waals surface area contributed by atoms with Crippen molar-refractivity contribution in [2.75, 3.05) is 5.75 Å². The predicted octanol–water partition coefficient (Wildman–Crippen LogP) is 1.73. The van der Waals surface area contributed by atoms with Crippen LogP contribution in [0.3, 0.4) is 0 Å². The van der Waals surface area contributed by atoms with Crippen LogP contribution in [0, 0.1) is 5.92 Å². The largest absolute Gasteiger partial charge is 0.610 e. The van der Waals surface area contributed by atoms with Crippen LogP contribution in [-0.2, 0) is 16.0 Å². The Morgan fingerprint density at radius 1 is 1.44 bits per heavy atom. The van der Waals surface area contributed by atoms with E-state index in [2.05, 4.69) is 15.6 Å². The van der Waals surface area contributed by atoms with E-state index in [0.29, 0.717) is 23.1 Å². The van der Waals surface area contributed by atoms with Gasteiger partial charge in [-0.3, -0.25) is 9.59 Å². The van der Waals surface area contributed by atoms with Gasteiger partial charge in [0.1, 0.15) is 17.5 Å². The molecule has 1 aliphatic heterocycles. The second-order valence-electron chi connectivity index (χ2n) is 7.44.